The lowest BCUT2D eigenvalue weighted by Crippen LogP contribution is -2.36. The fraction of sp³-hybridized carbons (Fsp3) is 0.688. The molecule has 2 N–H and O–H groups in total. The van der Waals surface area contributed by atoms with Crippen molar-refractivity contribution in [1.82, 2.24) is 5.32 Å². The Balaban J connectivity index is 1.87. The van der Waals surface area contributed by atoms with E-state index < -0.39 is 5.97 Å². The number of hydrogen-bond acceptors (Lipinski definition) is 3. The molecule has 3 nitrogen and oxygen atoms in total. The first-order chi connectivity index (χ1) is 9.69. The minimum absolute atomic E-state index is 0.0276. The summed E-state index contributed by atoms with van der Waals surface area (Å²) in [5, 5.41) is 14.7. The standard InChI is InChI=1S/C16H25NO2S/c1-2-4-12-6-8-13(9-7-12)17-14(11-16(18)19)15-5-3-10-20-15/h3,5,10,12-14,17H,2,4,6-9,11H2,1H3,(H,18,19). The summed E-state index contributed by atoms with van der Waals surface area (Å²) >= 11 is 1.64. The minimum atomic E-state index is -0.726. The molecule has 0 amide bonds. The zero-order chi connectivity index (χ0) is 14.4. The third kappa shape index (κ3) is 4.60. The van der Waals surface area contributed by atoms with Gasteiger partial charge in [0.05, 0.1) is 12.5 Å². The summed E-state index contributed by atoms with van der Waals surface area (Å²) in [6.07, 6.45) is 7.75. The van der Waals surface area contributed by atoms with E-state index in [0.717, 1.165) is 10.8 Å². The summed E-state index contributed by atoms with van der Waals surface area (Å²) in [5.41, 5.74) is 0. The third-order valence-electron chi connectivity index (χ3n) is 4.25. The van der Waals surface area contributed by atoms with Crippen molar-refractivity contribution in [2.75, 3.05) is 0 Å². The maximum Gasteiger partial charge on any atom is 0.305 e. The van der Waals surface area contributed by atoms with Crippen molar-refractivity contribution in [1.29, 1.82) is 0 Å². The molecule has 0 spiro atoms. The second kappa shape index (κ2) is 7.79. The first-order valence-corrected chi connectivity index (χ1v) is 8.58. The Morgan fingerprint density at radius 2 is 2.20 bits per heavy atom. The predicted octanol–water partition coefficient (Wildman–Crippen LogP) is 4.21. The van der Waals surface area contributed by atoms with Crippen LogP contribution in [0.15, 0.2) is 17.5 Å². The number of hydrogen-bond donors (Lipinski definition) is 2. The summed E-state index contributed by atoms with van der Waals surface area (Å²) in [4.78, 5) is 12.2. The summed E-state index contributed by atoms with van der Waals surface area (Å²) in [7, 11) is 0. The molecule has 1 heterocycles. The van der Waals surface area contributed by atoms with Crippen LogP contribution in [-0.2, 0) is 4.79 Å². The van der Waals surface area contributed by atoms with Crippen LogP contribution in [0.4, 0.5) is 0 Å². The van der Waals surface area contributed by atoms with E-state index in [1.54, 1.807) is 11.3 Å². The predicted molar refractivity (Wildman–Crippen MR) is 83.1 cm³/mol. The molecular weight excluding hydrogens is 270 g/mol. The topological polar surface area (TPSA) is 49.3 Å². The zero-order valence-corrected chi connectivity index (χ0v) is 13.0. The molecule has 0 bridgehead atoms. The number of rotatable bonds is 7. The third-order valence-corrected chi connectivity index (χ3v) is 5.23. The molecule has 1 atom stereocenters. The van der Waals surface area contributed by atoms with Gasteiger partial charge in [0.25, 0.3) is 0 Å². The largest absolute Gasteiger partial charge is 0.481 e. The van der Waals surface area contributed by atoms with Crippen LogP contribution in [0.3, 0.4) is 0 Å². The van der Waals surface area contributed by atoms with Gasteiger partial charge < -0.3 is 10.4 Å². The number of carbonyl (C=O) groups is 1. The minimum Gasteiger partial charge on any atom is -0.481 e. The Morgan fingerprint density at radius 1 is 1.45 bits per heavy atom. The van der Waals surface area contributed by atoms with Gasteiger partial charge in [0.15, 0.2) is 0 Å². The van der Waals surface area contributed by atoms with Crippen molar-refractivity contribution < 1.29 is 9.90 Å². The van der Waals surface area contributed by atoms with Crippen LogP contribution in [0.2, 0.25) is 0 Å². The Kier molecular flexibility index (Phi) is 6.05. The van der Waals surface area contributed by atoms with Crippen LogP contribution < -0.4 is 5.32 Å². The number of aliphatic carboxylic acids is 1. The second-order valence-corrected chi connectivity index (χ2v) is 6.82. The molecule has 0 aliphatic heterocycles. The lowest BCUT2D eigenvalue weighted by molar-refractivity contribution is -0.137. The molecule has 0 aromatic carbocycles. The molecule has 112 valence electrons. The van der Waals surface area contributed by atoms with E-state index in [9.17, 15) is 4.79 Å². The fourth-order valence-electron chi connectivity index (χ4n) is 3.22. The summed E-state index contributed by atoms with van der Waals surface area (Å²) in [6, 6.07) is 4.48. The molecular formula is C16H25NO2S. The van der Waals surface area contributed by atoms with Crippen LogP contribution in [0.5, 0.6) is 0 Å². The van der Waals surface area contributed by atoms with E-state index in [2.05, 4.69) is 12.2 Å². The van der Waals surface area contributed by atoms with Crippen molar-refractivity contribution in [2.24, 2.45) is 5.92 Å². The highest BCUT2D eigenvalue weighted by atomic mass is 32.1. The van der Waals surface area contributed by atoms with Gasteiger partial charge in [-0.25, -0.2) is 0 Å². The quantitative estimate of drug-likeness (QED) is 0.792. The molecule has 1 unspecified atom stereocenters. The Labute approximate surface area is 125 Å². The summed E-state index contributed by atoms with van der Waals surface area (Å²) < 4.78 is 0. The van der Waals surface area contributed by atoms with Crippen molar-refractivity contribution in [3.63, 3.8) is 0 Å². The van der Waals surface area contributed by atoms with Crippen molar-refractivity contribution in [3.8, 4) is 0 Å². The van der Waals surface area contributed by atoms with Gasteiger partial charge in [-0.1, -0.05) is 25.8 Å². The molecule has 1 aliphatic rings. The lowest BCUT2D eigenvalue weighted by atomic mass is 9.83. The Morgan fingerprint density at radius 3 is 2.75 bits per heavy atom. The number of carboxylic acids is 1. The van der Waals surface area contributed by atoms with E-state index in [4.69, 9.17) is 5.11 Å². The van der Waals surface area contributed by atoms with Crippen LogP contribution >= 0.6 is 11.3 Å². The number of nitrogens with one attached hydrogen (secondary N) is 1. The van der Waals surface area contributed by atoms with E-state index >= 15 is 0 Å². The van der Waals surface area contributed by atoms with Gasteiger partial charge in [-0.15, -0.1) is 11.3 Å². The van der Waals surface area contributed by atoms with E-state index in [0.29, 0.717) is 6.04 Å². The smallest absolute Gasteiger partial charge is 0.305 e. The van der Waals surface area contributed by atoms with Gasteiger partial charge in [0, 0.05) is 10.9 Å². The van der Waals surface area contributed by atoms with Crippen molar-refractivity contribution >= 4 is 17.3 Å². The van der Waals surface area contributed by atoms with Crippen LogP contribution in [0.1, 0.15) is 62.8 Å². The number of carboxylic acid groups (broad SMARTS) is 1. The molecule has 1 fully saturated rings. The summed E-state index contributed by atoms with van der Waals surface area (Å²) in [6.45, 7) is 2.25. The Bertz CT molecular complexity index is 397. The highest BCUT2D eigenvalue weighted by molar-refractivity contribution is 7.10. The van der Waals surface area contributed by atoms with Crippen LogP contribution in [0, 0.1) is 5.92 Å². The van der Waals surface area contributed by atoms with Gasteiger partial charge in [0.2, 0.25) is 0 Å². The molecule has 1 saturated carbocycles. The van der Waals surface area contributed by atoms with Gasteiger partial charge in [-0.05, 0) is 43.0 Å². The molecule has 1 aromatic heterocycles. The van der Waals surface area contributed by atoms with Gasteiger partial charge in [-0.2, -0.15) is 0 Å². The SMILES string of the molecule is CCCC1CCC(NC(CC(=O)O)c2cccs2)CC1. The normalized spacial score (nSPS) is 24.4. The molecule has 1 aromatic rings. The molecule has 4 heteroatoms. The lowest BCUT2D eigenvalue weighted by Gasteiger charge is -2.31. The second-order valence-electron chi connectivity index (χ2n) is 5.84. The van der Waals surface area contributed by atoms with E-state index in [-0.39, 0.29) is 12.5 Å². The molecule has 0 radical (unpaired) electrons. The average Bonchev–Trinajstić information content (AvgIpc) is 2.94. The van der Waals surface area contributed by atoms with Gasteiger partial charge >= 0.3 is 5.97 Å². The van der Waals surface area contributed by atoms with Crippen molar-refractivity contribution in [3.05, 3.63) is 22.4 Å². The molecule has 20 heavy (non-hydrogen) atoms. The van der Waals surface area contributed by atoms with Crippen LogP contribution in [-0.4, -0.2) is 17.1 Å². The highest BCUT2D eigenvalue weighted by Gasteiger charge is 2.25. The van der Waals surface area contributed by atoms with Gasteiger partial charge in [0.1, 0.15) is 0 Å². The van der Waals surface area contributed by atoms with E-state index in [1.165, 1.54) is 38.5 Å². The first-order valence-electron chi connectivity index (χ1n) is 7.70. The molecule has 0 saturated heterocycles. The maximum absolute atomic E-state index is 11.0. The first kappa shape index (κ1) is 15.5. The summed E-state index contributed by atoms with van der Waals surface area (Å²) in [5.74, 6) is 0.160. The molecule has 1 aliphatic carbocycles. The fourth-order valence-corrected chi connectivity index (χ4v) is 4.00. The monoisotopic (exact) mass is 295 g/mol. The van der Waals surface area contributed by atoms with Gasteiger partial charge in [-0.3, -0.25) is 4.79 Å². The van der Waals surface area contributed by atoms with Crippen molar-refractivity contribution in [2.45, 2.75) is 64.0 Å². The zero-order valence-electron chi connectivity index (χ0n) is 12.2. The number of thiophene rings is 1. The van der Waals surface area contributed by atoms with Crippen LogP contribution in [0.25, 0.3) is 0 Å². The average molecular weight is 295 g/mol. The van der Waals surface area contributed by atoms with E-state index in [1.807, 2.05) is 17.5 Å². The maximum atomic E-state index is 11.0. The molecule has 2 rings (SSSR count). The Hall–Kier alpha value is -0.870. The highest BCUT2D eigenvalue weighted by Crippen LogP contribution is 2.30.